The average molecular weight is 314 g/mol. The molecule has 0 heterocycles. The molecule has 2 amide bonds. The number of nitro benzene ring substituents is 1. The molecule has 7 nitrogen and oxygen atoms in total. The van der Waals surface area contributed by atoms with Gasteiger partial charge in [0, 0.05) is 11.6 Å². The summed E-state index contributed by atoms with van der Waals surface area (Å²) in [5, 5.41) is 15.5. The molecule has 0 aromatic heterocycles. The van der Waals surface area contributed by atoms with Crippen LogP contribution in [-0.4, -0.2) is 28.8 Å². The topological polar surface area (TPSA) is 101 Å². The van der Waals surface area contributed by atoms with Crippen LogP contribution in [0.3, 0.4) is 0 Å². The molecule has 8 heteroatoms. The molecule has 0 aliphatic carbocycles. The van der Waals surface area contributed by atoms with Crippen LogP contribution in [-0.2, 0) is 4.79 Å². The van der Waals surface area contributed by atoms with Gasteiger partial charge in [0.1, 0.15) is 5.02 Å². The van der Waals surface area contributed by atoms with Crippen molar-refractivity contribution >= 4 is 29.1 Å². The number of nitrogens with one attached hydrogen (secondary N) is 2. The summed E-state index contributed by atoms with van der Waals surface area (Å²) in [6, 6.07) is 3.91. The normalized spacial score (nSPS) is 10.9. The van der Waals surface area contributed by atoms with Gasteiger partial charge in [0.15, 0.2) is 0 Å². The standard InChI is InChI=1S/C13H16ClN3O4/c1-13(2,3)16-10(18)7-15-12(19)8-5-4-6-9(11(8)14)17(20)21/h4-6H,7H2,1-3H3,(H,15,19)(H,16,18). The van der Waals surface area contributed by atoms with E-state index in [1.54, 1.807) is 0 Å². The lowest BCUT2D eigenvalue weighted by Crippen LogP contribution is -2.45. The summed E-state index contributed by atoms with van der Waals surface area (Å²) in [6.45, 7) is 5.19. The molecule has 0 aliphatic rings. The summed E-state index contributed by atoms with van der Waals surface area (Å²) in [4.78, 5) is 33.6. The smallest absolute Gasteiger partial charge is 0.288 e. The highest BCUT2D eigenvalue weighted by Crippen LogP contribution is 2.27. The maximum absolute atomic E-state index is 11.9. The maximum Gasteiger partial charge on any atom is 0.288 e. The predicted octanol–water partition coefficient (Wildman–Crippen LogP) is 1.89. The summed E-state index contributed by atoms with van der Waals surface area (Å²) in [5.74, 6) is -1.01. The summed E-state index contributed by atoms with van der Waals surface area (Å²) in [5.41, 5.74) is -0.816. The van der Waals surface area contributed by atoms with Crippen LogP contribution >= 0.6 is 11.6 Å². The Morgan fingerprint density at radius 1 is 1.33 bits per heavy atom. The minimum Gasteiger partial charge on any atom is -0.350 e. The Labute approximate surface area is 126 Å². The van der Waals surface area contributed by atoms with Gasteiger partial charge in [-0.2, -0.15) is 0 Å². The van der Waals surface area contributed by atoms with Gasteiger partial charge in [-0.25, -0.2) is 0 Å². The number of benzene rings is 1. The van der Waals surface area contributed by atoms with E-state index in [9.17, 15) is 19.7 Å². The number of halogens is 1. The fourth-order valence-electron chi connectivity index (χ4n) is 1.55. The van der Waals surface area contributed by atoms with E-state index in [4.69, 9.17) is 11.6 Å². The molecule has 1 rings (SSSR count). The maximum atomic E-state index is 11.9. The molecule has 0 radical (unpaired) electrons. The van der Waals surface area contributed by atoms with Crippen LogP contribution in [0.15, 0.2) is 18.2 Å². The van der Waals surface area contributed by atoms with Crippen LogP contribution < -0.4 is 10.6 Å². The number of nitrogens with zero attached hydrogens (tertiary/aromatic N) is 1. The largest absolute Gasteiger partial charge is 0.350 e. The Morgan fingerprint density at radius 2 is 1.95 bits per heavy atom. The monoisotopic (exact) mass is 313 g/mol. The van der Waals surface area contributed by atoms with Crippen molar-refractivity contribution in [2.24, 2.45) is 0 Å². The number of nitro groups is 1. The molecular weight excluding hydrogens is 298 g/mol. The first kappa shape index (κ1) is 16.9. The van der Waals surface area contributed by atoms with Gasteiger partial charge in [0.2, 0.25) is 5.91 Å². The van der Waals surface area contributed by atoms with Crippen molar-refractivity contribution in [3.63, 3.8) is 0 Å². The molecule has 0 fully saturated rings. The van der Waals surface area contributed by atoms with Crippen molar-refractivity contribution in [3.05, 3.63) is 38.9 Å². The zero-order valence-electron chi connectivity index (χ0n) is 11.9. The molecule has 114 valence electrons. The van der Waals surface area contributed by atoms with E-state index in [-0.39, 0.29) is 28.7 Å². The van der Waals surface area contributed by atoms with Gasteiger partial charge in [-0.1, -0.05) is 17.7 Å². The van der Waals surface area contributed by atoms with Gasteiger partial charge in [0.05, 0.1) is 17.0 Å². The minimum atomic E-state index is -0.675. The molecule has 0 unspecified atom stereocenters. The van der Waals surface area contributed by atoms with E-state index in [1.165, 1.54) is 18.2 Å². The van der Waals surface area contributed by atoms with Gasteiger partial charge >= 0.3 is 0 Å². The van der Waals surface area contributed by atoms with Crippen LogP contribution in [0, 0.1) is 10.1 Å². The van der Waals surface area contributed by atoms with Crippen molar-refractivity contribution in [2.75, 3.05) is 6.54 Å². The lowest BCUT2D eigenvalue weighted by Gasteiger charge is -2.20. The van der Waals surface area contributed by atoms with Gasteiger partial charge < -0.3 is 10.6 Å². The molecule has 0 bridgehead atoms. The Kier molecular flexibility index (Phi) is 5.26. The molecular formula is C13H16ClN3O4. The predicted molar refractivity (Wildman–Crippen MR) is 78.3 cm³/mol. The fraction of sp³-hybridized carbons (Fsp3) is 0.385. The number of hydrogen-bond donors (Lipinski definition) is 2. The zero-order chi connectivity index (χ0) is 16.2. The summed E-state index contributed by atoms with van der Waals surface area (Å²) in [7, 11) is 0. The summed E-state index contributed by atoms with van der Waals surface area (Å²) in [6.07, 6.45) is 0. The Balaban J connectivity index is 2.75. The number of amides is 2. The third-order valence-corrected chi connectivity index (χ3v) is 2.74. The SMILES string of the molecule is CC(C)(C)NC(=O)CNC(=O)c1cccc([N+](=O)[O-])c1Cl. The van der Waals surface area contributed by atoms with Crippen molar-refractivity contribution in [3.8, 4) is 0 Å². The van der Waals surface area contributed by atoms with E-state index in [0.717, 1.165) is 0 Å². The Morgan fingerprint density at radius 3 is 2.48 bits per heavy atom. The first-order valence-corrected chi connectivity index (χ1v) is 6.52. The average Bonchev–Trinajstić information content (AvgIpc) is 2.33. The van der Waals surface area contributed by atoms with E-state index in [2.05, 4.69) is 10.6 Å². The van der Waals surface area contributed by atoms with Crippen LogP contribution in [0.1, 0.15) is 31.1 Å². The van der Waals surface area contributed by atoms with Gasteiger partial charge in [0.25, 0.3) is 11.6 Å². The molecule has 2 N–H and O–H groups in total. The Hall–Kier alpha value is -2.15. The van der Waals surface area contributed by atoms with E-state index in [1.807, 2.05) is 20.8 Å². The second kappa shape index (κ2) is 6.53. The molecule has 1 aromatic carbocycles. The number of rotatable bonds is 4. The van der Waals surface area contributed by atoms with Crippen LogP contribution in [0.4, 0.5) is 5.69 Å². The highest BCUT2D eigenvalue weighted by molar-refractivity contribution is 6.35. The fourth-order valence-corrected chi connectivity index (χ4v) is 1.84. The third kappa shape index (κ3) is 5.03. The number of hydrogen-bond acceptors (Lipinski definition) is 4. The highest BCUT2D eigenvalue weighted by Gasteiger charge is 2.20. The molecule has 0 aliphatic heterocycles. The second-order valence-electron chi connectivity index (χ2n) is 5.38. The number of carbonyl (C=O) groups is 2. The lowest BCUT2D eigenvalue weighted by atomic mass is 10.1. The van der Waals surface area contributed by atoms with E-state index >= 15 is 0 Å². The van der Waals surface area contributed by atoms with Crippen molar-refractivity contribution < 1.29 is 14.5 Å². The van der Waals surface area contributed by atoms with E-state index < -0.39 is 16.4 Å². The first-order chi connectivity index (χ1) is 9.61. The van der Waals surface area contributed by atoms with Crippen molar-refractivity contribution in [1.29, 1.82) is 0 Å². The molecule has 21 heavy (non-hydrogen) atoms. The van der Waals surface area contributed by atoms with Gasteiger partial charge in [-0.05, 0) is 26.8 Å². The van der Waals surface area contributed by atoms with E-state index in [0.29, 0.717) is 0 Å². The lowest BCUT2D eigenvalue weighted by molar-refractivity contribution is -0.384. The Bertz CT molecular complexity index is 581. The molecule has 1 aromatic rings. The van der Waals surface area contributed by atoms with Crippen molar-refractivity contribution in [2.45, 2.75) is 26.3 Å². The van der Waals surface area contributed by atoms with Crippen LogP contribution in [0.2, 0.25) is 5.02 Å². The quantitative estimate of drug-likeness (QED) is 0.654. The molecule has 0 spiro atoms. The second-order valence-corrected chi connectivity index (χ2v) is 5.75. The van der Waals surface area contributed by atoms with Gasteiger partial charge in [-0.3, -0.25) is 19.7 Å². The van der Waals surface area contributed by atoms with Gasteiger partial charge in [-0.15, -0.1) is 0 Å². The molecule has 0 atom stereocenters. The van der Waals surface area contributed by atoms with Crippen molar-refractivity contribution in [1.82, 2.24) is 10.6 Å². The third-order valence-electron chi connectivity index (χ3n) is 2.34. The highest BCUT2D eigenvalue weighted by atomic mass is 35.5. The number of carbonyl (C=O) groups excluding carboxylic acids is 2. The summed E-state index contributed by atoms with van der Waals surface area (Å²) >= 11 is 5.82. The summed E-state index contributed by atoms with van der Waals surface area (Å²) < 4.78 is 0. The molecule has 0 saturated carbocycles. The van der Waals surface area contributed by atoms with Crippen LogP contribution in [0.5, 0.6) is 0 Å². The van der Waals surface area contributed by atoms with Crippen LogP contribution in [0.25, 0.3) is 0 Å². The minimum absolute atomic E-state index is 0.0468. The first-order valence-electron chi connectivity index (χ1n) is 6.14. The zero-order valence-corrected chi connectivity index (χ0v) is 12.7. The molecule has 0 saturated heterocycles.